The molecule has 0 aliphatic carbocycles. The fourth-order valence-corrected chi connectivity index (χ4v) is 4.26. The first-order chi connectivity index (χ1) is 14.4. The Bertz CT molecular complexity index is 1090. The molecule has 30 heavy (non-hydrogen) atoms. The highest BCUT2D eigenvalue weighted by Crippen LogP contribution is 2.23. The SMILES string of the molecule is COc1ccc(S(=O)(=O)N(Cc2ccncc2)Cc2ccc(C(=O)NO)cc2)cc1. The number of hydrogen-bond donors (Lipinski definition) is 2. The van der Waals surface area contributed by atoms with E-state index in [1.165, 1.54) is 35.7 Å². The molecule has 0 aliphatic heterocycles. The molecule has 0 radical (unpaired) electrons. The van der Waals surface area contributed by atoms with Crippen molar-refractivity contribution in [2.45, 2.75) is 18.0 Å². The summed E-state index contributed by atoms with van der Waals surface area (Å²) >= 11 is 0. The zero-order valence-corrected chi connectivity index (χ0v) is 17.0. The topological polar surface area (TPSA) is 109 Å². The molecular weight excluding hydrogens is 406 g/mol. The van der Waals surface area contributed by atoms with Crippen LogP contribution in [0.15, 0.2) is 78.0 Å². The number of hydroxylamine groups is 1. The predicted molar refractivity (Wildman–Crippen MR) is 109 cm³/mol. The number of carbonyl (C=O) groups excluding carboxylic acids is 1. The lowest BCUT2D eigenvalue weighted by Gasteiger charge is -2.23. The van der Waals surface area contributed by atoms with Gasteiger partial charge in [-0.05, 0) is 59.7 Å². The van der Waals surface area contributed by atoms with Crippen molar-refractivity contribution in [1.82, 2.24) is 14.8 Å². The Balaban J connectivity index is 1.92. The van der Waals surface area contributed by atoms with Crippen LogP contribution in [0.2, 0.25) is 0 Å². The molecule has 1 heterocycles. The van der Waals surface area contributed by atoms with E-state index in [9.17, 15) is 13.2 Å². The Hall–Kier alpha value is -3.27. The zero-order valence-electron chi connectivity index (χ0n) is 16.2. The summed E-state index contributed by atoms with van der Waals surface area (Å²) in [6, 6.07) is 16.0. The van der Waals surface area contributed by atoms with E-state index in [0.717, 1.165) is 5.56 Å². The number of hydrogen-bond acceptors (Lipinski definition) is 6. The third kappa shape index (κ3) is 5.01. The molecule has 156 valence electrons. The summed E-state index contributed by atoms with van der Waals surface area (Å²) in [7, 11) is -2.30. The van der Waals surface area contributed by atoms with Gasteiger partial charge in [0, 0.05) is 31.0 Å². The van der Waals surface area contributed by atoms with Gasteiger partial charge in [-0.15, -0.1) is 0 Å². The van der Waals surface area contributed by atoms with Gasteiger partial charge in [0.15, 0.2) is 0 Å². The summed E-state index contributed by atoms with van der Waals surface area (Å²) in [5.41, 5.74) is 3.31. The number of pyridine rings is 1. The highest BCUT2D eigenvalue weighted by atomic mass is 32.2. The lowest BCUT2D eigenvalue weighted by atomic mass is 10.1. The monoisotopic (exact) mass is 427 g/mol. The van der Waals surface area contributed by atoms with Crippen LogP contribution in [0.3, 0.4) is 0 Å². The van der Waals surface area contributed by atoms with Crippen molar-refractivity contribution in [1.29, 1.82) is 0 Å². The van der Waals surface area contributed by atoms with E-state index in [-0.39, 0.29) is 23.5 Å². The maximum Gasteiger partial charge on any atom is 0.274 e. The molecule has 0 bridgehead atoms. The molecule has 0 fully saturated rings. The molecule has 0 saturated heterocycles. The number of aromatic nitrogens is 1. The van der Waals surface area contributed by atoms with Crippen molar-refractivity contribution in [3.63, 3.8) is 0 Å². The van der Waals surface area contributed by atoms with Gasteiger partial charge in [0.2, 0.25) is 10.0 Å². The maximum absolute atomic E-state index is 13.3. The van der Waals surface area contributed by atoms with Crippen LogP contribution in [0.1, 0.15) is 21.5 Å². The number of benzene rings is 2. The average molecular weight is 427 g/mol. The fourth-order valence-electron chi connectivity index (χ4n) is 2.84. The third-order valence-corrected chi connectivity index (χ3v) is 6.29. The molecule has 3 aromatic rings. The second-order valence-corrected chi connectivity index (χ2v) is 8.38. The van der Waals surface area contributed by atoms with Crippen LogP contribution in [-0.2, 0) is 23.1 Å². The number of rotatable bonds is 8. The van der Waals surface area contributed by atoms with Crippen LogP contribution in [0.4, 0.5) is 0 Å². The van der Waals surface area contributed by atoms with Crippen molar-refractivity contribution < 1.29 is 23.2 Å². The number of sulfonamides is 1. The standard InChI is InChI=1S/C21H21N3O5S/c1-29-19-6-8-20(9-7-19)30(27,28)24(15-17-10-12-22-13-11-17)14-16-2-4-18(5-3-16)21(25)23-26/h2-13,26H,14-15H2,1H3,(H,23,25). The first-order valence-corrected chi connectivity index (χ1v) is 10.4. The Morgan fingerprint density at radius 3 is 2.07 bits per heavy atom. The number of amides is 1. The highest BCUT2D eigenvalue weighted by Gasteiger charge is 2.25. The van der Waals surface area contributed by atoms with Gasteiger partial charge >= 0.3 is 0 Å². The van der Waals surface area contributed by atoms with Crippen molar-refractivity contribution in [2.75, 3.05) is 7.11 Å². The molecule has 0 aliphatic rings. The lowest BCUT2D eigenvalue weighted by Crippen LogP contribution is -2.30. The van der Waals surface area contributed by atoms with Crippen molar-refractivity contribution in [3.05, 3.63) is 89.7 Å². The number of methoxy groups -OCH3 is 1. The van der Waals surface area contributed by atoms with Crippen LogP contribution in [0.25, 0.3) is 0 Å². The quantitative estimate of drug-likeness (QED) is 0.423. The van der Waals surface area contributed by atoms with Crippen LogP contribution in [-0.4, -0.2) is 35.9 Å². The molecule has 0 spiro atoms. The smallest absolute Gasteiger partial charge is 0.274 e. The van der Waals surface area contributed by atoms with Gasteiger partial charge in [0.1, 0.15) is 5.75 Å². The molecule has 0 unspecified atom stereocenters. The molecule has 1 amide bonds. The van der Waals surface area contributed by atoms with Gasteiger partial charge in [0.05, 0.1) is 12.0 Å². The Morgan fingerprint density at radius 1 is 0.967 bits per heavy atom. The van der Waals surface area contributed by atoms with E-state index in [0.29, 0.717) is 11.3 Å². The number of nitrogens with one attached hydrogen (secondary N) is 1. The summed E-state index contributed by atoms with van der Waals surface area (Å²) in [5, 5.41) is 8.74. The third-order valence-electron chi connectivity index (χ3n) is 4.48. The molecule has 1 aromatic heterocycles. The predicted octanol–water partition coefficient (Wildman–Crippen LogP) is 2.60. The number of nitrogens with zero attached hydrogens (tertiary/aromatic N) is 2. The van der Waals surface area contributed by atoms with Crippen molar-refractivity contribution in [2.24, 2.45) is 0 Å². The molecule has 8 nitrogen and oxygen atoms in total. The highest BCUT2D eigenvalue weighted by molar-refractivity contribution is 7.89. The van der Waals surface area contributed by atoms with Crippen LogP contribution < -0.4 is 10.2 Å². The summed E-state index contributed by atoms with van der Waals surface area (Å²) < 4.78 is 33.1. The van der Waals surface area contributed by atoms with Gasteiger partial charge in [-0.3, -0.25) is 15.0 Å². The van der Waals surface area contributed by atoms with Crippen molar-refractivity contribution in [3.8, 4) is 5.75 Å². The largest absolute Gasteiger partial charge is 0.497 e. The van der Waals surface area contributed by atoms with E-state index in [1.807, 2.05) is 0 Å². The zero-order chi connectivity index (χ0) is 21.6. The summed E-state index contributed by atoms with van der Waals surface area (Å²) in [5.74, 6) is -0.0755. The van der Waals surface area contributed by atoms with Crippen LogP contribution in [0.5, 0.6) is 5.75 Å². The molecule has 2 N–H and O–H groups in total. The second-order valence-electron chi connectivity index (χ2n) is 6.44. The van der Waals surface area contributed by atoms with Crippen molar-refractivity contribution >= 4 is 15.9 Å². The first-order valence-electron chi connectivity index (χ1n) is 9.00. The molecule has 0 saturated carbocycles. The molecule has 3 rings (SSSR count). The maximum atomic E-state index is 13.3. The van der Waals surface area contributed by atoms with Gasteiger partial charge in [0.25, 0.3) is 5.91 Å². The minimum absolute atomic E-state index is 0.0949. The van der Waals surface area contributed by atoms with Gasteiger partial charge in [-0.25, -0.2) is 13.9 Å². The van der Waals surface area contributed by atoms with Crippen LogP contribution >= 0.6 is 0 Å². The van der Waals surface area contributed by atoms with E-state index in [4.69, 9.17) is 9.94 Å². The molecule has 0 atom stereocenters. The summed E-state index contributed by atoms with van der Waals surface area (Å²) in [6.07, 6.45) is 3.21. The summed E-state index contributed by atoms with van der Waals surface area (Å²) in [6.45, 7) is 0.244. The van der Waals surface area contributed by atoms with Gasteiger partial charge < -0.3 is 4.74 Å². The molecule has 9 heteroatoms. The Kier molecular flexibility index (Phi) is 6.78. The second kappa shape index (κ2) is 9.49. The fraction of sp³-hybridized carbons (Fsp3) is 0.143. The molecule has 2 aromatic carbocycles. The molecular formula is C21H21N3O5S. The lowest BCUT2D eigenvalue weighted by molar-refractivity contribution is 0.0706. The van der Waals surface area contributed by atoms with E-state index < -0.39 is 15.9 Å². The first kappa shape index (κ1) is 21.4. The average Bonchev–Trinajstić information content (AvgIpc) is 2.79. The van der Waals surface area contributed by atoms with E-state index >= 15 is 0 Å². The van der Waals surface area contributed by atoms with Gasteiger partial charge in [-0.2, -0.15) is 4.31 Å². The summed E-state index contributed by atoms with van der Waals surface area (Å²) in [4.78, 5) is 15.6. The minimum atomic E-state index is -3.82. The van der Waals surface area contributed by atoms with Crippen LogP contribution in [0, 0.1) is 0 Å². The minimum Gasteiger partial charge on any atom is -0.497 e. The van der Waals surface area contributed by atoms with Gasteiger partial charge in [-0.1, -0.05) is 12.1 Å². The number of carbonyl (C=O) groups is 1. The van der Waals surface area contributed by atoms with E-state index in [2.05, 4.69) is 4.98 Å². The van der Waals surface area contributed by atoms with E-state index in [1.54, 1.807) is 54.3 Å². The Morgan fingerprint density at radius 2 is 1.53 bits per heavy atom. The Labute approximate surface area is 174 Å². The number of ether oxygens (including phenoxy) is 1. The normalized spacial score (nSPS) is 11.3.